The van der Waals surface area contributed by atoms with Crippen LogP contribution in [0, 0.1) is 5.92 Å². The Morgan fingerprint density at radius 3 is 3.07 bits per heavy atom. The molecule has 0 spiro atoms. The number of nitrogens with zero attached hydrogens (tertiary/aromatic N) is 1. The predicted octanol–water partition coefficient (Wildman–Crippen LogP) is 1.02. The smallest absolute Gasteiger partial charge is 0.0925 e. The van der Waals surface area contributed by atoms with E-state index in [4.69, 9.17) is 4.74 Å². The maximum atomic E-state index is 5.40. The summed E-state index contributed by atoms with van der Waals surface area (Å²) >= 11 is 0. The lowest BCUT2D eigenvalue weighted by Gasteiger charge is -2.33. The van der Waals surface area contributed by atoms with Crippen LogP contribution in [0.25, 0.3) is 0 Å². The number of imidazole rings is 1. The zero-order valence-electron chi connectivity index (χ0n) is 8.83. The molecule has 1 saturated heterocycles. The topological polar surface area (TPSA) is 49.9 Å². The average Bonchev–Trinajstić information content (AvgIpc) is 2.78. The van der Waals surface area contributed by atoms with Crippen LogP contribution in [-0.2, 0) is 11.2 Å². The fourth-order valence-corrected chi connectivity index (χ4v) is 2.69. The molecule has 1 aromatic heterocycles. The van der Waals surface area contributed by atoms with Gasteiger partial charge in [0, 0.05) is 31.9 Å². The Hall–Kier alpha value is -0.870. The van der Waals surface area contributed by atoms with E-state index in [1.54, 1.807) is 0 Å². The highest BCUT2D eigenvalue weighted by Crippen LogP contribution is 2.32. The molecule has 2 aliphatic heterocycles. The van der Waals surface area contributed by atoms with E-state index in [0.717, 1.165) is 39.0 Å². The molecule has 2 N–H and O–H groups in total. The zero-order valence-corrected chi connectivity index (χ0v) is 8.83. The van der Waals surface area contributed by atoms with E-state index in [9.17, 15) is 0 Å². The van der Waals surface area contributed by atoms with Gasteiger partial charge in [0.1, 0.15) is 0 Å². The van der Waals surface area contributed by atoms with Gasteiger partial charge in [-0.05, 0) is 18.8 Å². The summed E-state index contributed by atoms with van der Waals surface area (Å²) in [4.78, 5) is 7.70. The number of nitrogens with one attached hydrogen (secondary N) is 2. The monoisotopic (exact) mass is 207 g/mol. The van der Waals surface area contributed by atoms with E-state index < -0.39 is 0 Å². The van der Waals surface area contributed by atoms with Crippen molar-refractivity contribution in [3.8, 4) is 0 Å². The quantitative estimate of drug-likeness (QED) is 0.723. The van der Waals surface area contributed by atoms with Crippen LogP contribution in [-0.4, -0.2) is 29.7 Å². The standard InChI is InChI=1S/C11H17N3O/c1-4-12-10(8-2-5-15-6-3-8)11-9(1)13-7-14-11/h7-8,10,12H,1-6H2,(H,13,14). The summed E-state index contributed by atoms with van der Waals surface area (Å²) in [5, 5.41) is 3.59. The van der Waals surface area contributed by atoms with Crippen molar-refractivity contribution in [2.24, 2.45) is 5.92 Å². The first kappa shape index (κ1) is 9.36. The number of aromatic amines is 1. The van der Waals surface area contributed by atoms with Crippen molar-refractivity contribution < 1.29 is 4.74 Å². The number of rotatable bonds is 1. The highest BCUT2D eigenvalue weighted by Gasteiger charge is 2.30. The molecule has 15 heavy (non-hydrogen) atoms. The second-order valence-electron chi connectivity index (χ2n) is 4.40. The molecule has 3 heterocycles. The third kappa shape index (κ3) is 1.68. The Balaban J connectivity index is 1.82. The van der Waals surface area contributed by atoms with Crippen LogP contribution in [0.2, 0.25) is 0 Å². The van der Waals surface area contributed by atoms with Crippen molar-refractivity contribution in [3.05, 3.63) is 17.7 Å². The number of hydrogen-bond acceptors (Lipinski definition) is 3. The number of ether oxygens (including phenoxy) is 1. The van der Waals surface area contributed by atoms with E-state index in [0.29, 0.717) is 12.0 Å². The number of hydrogen-bond donors (Lipinski definition) is 2. The molecule has 1 unspecified atom stereocenters. The summed E-state index contributed by atoms with van der Waals surface area (Å²) in [5.41, 5.74) is 2.57. The maximum Gasteiger partial charge on any atom is 0.0925 e. The summed E-state index contributed by atoms with van der Waals surface area (Å²) in [6.45, 7) is 2.88. The van der Waals surface area contributed by atoms with Gasteiger partial charge in [-0.25, -0.2) is 4.98 Å². The highest BCUT2D eigenvalue weighted by atomic mass is 16.5. The first-order chi connectivity index (χ1) is 7.45. The molecular formula is C11H17N3O. The summed E-state index contributed by atoms with van der Waals surface area (Å²) in [5.74, 6) is 0.695. The fourth-order valence-electron chi connectivity index (χ4n) is 2.69. The highest BCUT2D eigenvalue weighted by molar-refractivity contribution is 5.20. The van der Waals surface area contributed by atoms with Gasteiger partial charge in [-0.3, -0.25) is 0 Å². The lowest BCUT2D eigenvalue weighted by atomic mass is 9.87. The Kier molecular flexibility index (Phi) is 2.46. The first-order valence-corrected chi connectivity index (χ1v) is 5.78. The minimum Gasteiger partial charge on any atom is -0.381 e. The molecule has 4 nitrogen and oxygen atoms in total. The molecule has 0 aromatic carbocycles. The molecular weight excluding hydrogens is 190 g/mol. The largest absolute Gasteiger partial charge is 0.381 e. The van der Waals surface area contributed by atoms with Crippen LogP contribution in [0.15, 0.2) is 6.33 Å². The zero-order chi connectivity index (χ0) is 10.1. The molecule has 0 radical (unpaired) electrons. The van der Waals surface area contributed by atoms with Crippen molar-refractivity contribution in [2.45, 2.75) is 25.3 Å². The van der Waals surface area contributed by atoms with Crippen LogP contribution in [0.4, 0.5) is 0 Å². The van der Waals surface area contributed by atoms with Gasteiger partial charge in [0.2, 0.25) is 0 Å². The minimum atomic E-state index is 0.448. The van der Waals surface area contributed by atoms with Gasteiger partial charge in [-0.2, -0.15) is 0 Å². The van der Waals surface area contributed by atoms with Crippen LogP contribution in [0.1, 0.15) is 30.3 Å². The van der Waals surface area contributed by atoms with Crippen molar-refractivity contribution in [1.82, 2.24) is 15.3 Å². The Bertz CT molecular complexity index is 330. The van der Waals surface area contributed by atoms with Gasteiger partial charge in [-0.15, -0.1) is 0 Å². The lowest BCUT2D eigenvalue weighted by molar-refractivity contribution is 0.0522. The summed E-state index contributed by atoms with van der Waals surface area (Å²) in [6, 6.07) is 0.448. The predicted molar refractivity (Wildman–Crippen MR) is 56.6 cm³/mol. The van der Waals surface area contributed by atoms with E-state index in [1.807, 2.05) is 6.33 Å². The van der Waals surface area contributed by atoms with Gasteiger partial charge in [0.25, 0.3) is 0 Å². The summed E-state index contributed by atoms with van der Waals surface area (Å²) in [7, 11) is 0. The SMILES string of the molecule is c1nc2c([nH]1)CCNC2C1CCOCC1. The van der Waals surface area contributed by atoms with E-state index >= 15 is 0 Å². The fraction of sp³-hybridized carbons (Fsp3) is 0.727. The molecule has 0 saturated carbocycles. The molecule has 2 aliphatic rings. The first-order valence-electron chi connectivity index (χ1n) is 5.78. The molecule has 1 atom stereocenters. The van der Waals surface area contributed by atoms with Gasteiger partial charge in [-0.1, -0.05) is 0 Å². The van der Waals surface area contributed by atoms with E-state index in [-0.39, 0.29) is 0 Å². The normalized spacial score (nSPS) is 27.6. The van der Waals surface area contributed by atoms with Crippen molar-refractivity contribution in [3.63, 3.8) is 0 Å². The molecule has 0 amide bonds. The number of fused-ring (bicyclic) bond motifs is 1. The third-order valence-corrected chi connectivity index (χ3v) is 3.52. The van der Waals surface area contributed by atoms with Gasteiger partial charge in [0.05, 0.1) is 18.1 Å². The second kappa shape index (κ2) is 3.94. The Morgan fingerprint density at radius 1 is 1.33 bits per heavy atom. The molecule has 1 fully saturated rings. The van der Waals surface area contributed by atoms with Crippen LogP contribution >= 0.6 is 0 Å². The molecule has 4 heteroatoms. The van der Waals surface area contributed by atoms with Gasteiger partial charge in [0.15, 0.2) is 0 Å². The number of H-pyrrole nitrogens is 1. The summed E-state index contributed by atoms with van der Waals surface area (Å²) < 4.78 is 5.40. The maximum absolute atomic E-state index is 5.40. The average molecular weight is 207 g/mol. The van der Waals surface area contributed by atoms with Crippen molar-refractivity contribution in [2.75, 3.05) is 19.8 Å². The molecule has 1 aromatic rings. The van der Waals surface area contributed by atoms with Crippen molar-refractivity contribution in [1.29, 1.82) is 0 Å². The van der Waals surface area contributed by atoms with Crippen LogP contribution < -0.4 is 5.32 Å². The second-order valence-corrected chi connectivity index (χ2v) is 4.40. The van der Waals surface area contributed by atoms with Crippen molar-refractivity contribution >= 4 is 0 Å². The molecule has 0 bridgehead atoms. The summed E-state index contributed by atoms with van der Waals surface area (Å²) in [6.07, 6.45) is 5.22. The van der Waals surface area contributed by atoms with Gasteiger partial charge >= 0.3 is 0 Å². The van der Waals surface area contributed by atoms with E-state index in [1.165, 1.54) is 11.4 Å². The van der Waals surface area contributed by atoms with Crippen LogP contribution in [0.5, 0.6) is 0 Å². The Morgan fingerprint density at radius 2 is 2.20 bits per heavy atom. The minimum absolute atomic E-state index is 0.448. The third-order valence-electron chi connectivity index (χ3n) is 3.52. The molecule has 82 valence electrons. The van der Waals surface area contributed by atoms with Crippen LogP contribution in [0.3, 0.4) is 0 Å². The van der Waals surface area contributed by atoms with Gasteiger partial charge < -0.3 is 15.0 Å². The lowest BCUT2D eigenvalue weighted by Crippen LogP contribution is -2.37. The van der Waals surface area contributed by atoms with E-state index in [2.05, 4.69) is 15.3 Å². The number of aromatic nitrogens is 2. The molecule has 3 rings (SSSR count). The Labute approximate surface area is 89.4 Å². The molecule has 0 aliphatic carbocycles.